The van der Waals surface area contributed by atoms with Gasteiger partial charge in [-0.2, -0.15) is 10.1 Å². The Morgan fingerprint density at radius 2 is 1.77 bits per heavy atom. The van der Waals surface area contributed by atoms with Crippen LogP contribution in [0.3, 0.4) is 0 Å². The molecule has 0 bridgehead atoms. The van der Waals surface area contributed by atoms with Crippen molar-refractivity contribution in [2.75, 3.05) is 61.6 Å². The molecule has 3 rings (SSSR count). The van der Waals surface area contributed by atoms with Crippen molar-refractivity contribution in [3.05, 3.63) is 30.5 Å². The fourth-order valence-electron chi connectivity index (χ4n) is 3.07. The van der Waals surface area contributed by atoms with Gasteiger partial charge in [0, 0.05) is 45.5 Å². The van der Waals surface area contributed by atoms with Gasteiger partial charge in [0.1, 0.15) is 5.75 Å². The maximum atomic E-state index is 5.23. The lowest BCUT2D eigenvalue weighted by atomic mass is 10.2. The fraction of sp³-hybridized carbons (Fsp3) is 0.526. The van der Waals surface area contributed by atoms with Gasteiger partial charge in [0.05, 0.1) is 13.3 Å². The highest BCUT2D eigenvalue weighted by molar-refractivity contribution is 5.51. The van der Waals surface area contributed by atoms with E-state index in [2.05, 4.69) is 51.0 Å². The Bertz CT molecular complexity index is 685. The molecule has 0 amide bonds. The molecule has 26 heavy (non-hydrogen) atoms. The van der Waals surface area contributed by atoms with Crippen LogP contribution in [-0.4, -0.2) is 62.1 Å². The van der Waals surface area contributed by atoms with Crippen molar-refractivity contribution in [3.63, 3.8) is 0 Å². The predicted octanol–water partition coefficient (Wildman–Crippen LogP) is 2.44. The summed E-state index contributed by atoms with van der Waals surface area (Å²) < 4.78 is 5.23. The third-order valence-electron chi connectivity index (χ3n) is 4.77. The fourth-order valence-corrected chi connectivity index (χ4v) is 3.07. The molecule has 1 saturated heterocycles. The van der Waals surface area contributed by atoms with Crippen LogP contribution in [0.1, 0.15) is 19.8 Å². The monoisotopic (exact) mass is 356 g/mol. The zero-order valence-corrected chi connectivity index (χ0v) is 15.9. The summed E-state index contributed by atoms with van der Waals surface area (Å²) in [7, 11) is 3.75. The van der Waals surface area contributed by atoms with Crippen molar-refractivity contribution in [1.29, 1.82) is 0 Å². The second-order valence-corrected chi connectivity index (χ2v) is 6.56. The van der Waals surface area contributed by atoms with Gasteiger partial charge in [0.25, 0.3) is 0 Å². The van der Waals surface area contributed by atoms with Gasteiger partial charge in [-0.3, -0.25) is 0 Å². The van der Waals surface area contributed by atoms with E-state index < -0.39 is 0 Å². The third-order valence-corrected chi connectivity index (χ3v) is 4.77. The number of ether oxygens (including phenoxy) is 1. The standard InChI is InChI=1S/C19H28N6O/c1-4-5-10-23(2)18-15-20-22-19(21-18)25-13-11-24(12-14-25)16-6-8-17(26-3)9-7-16/h6-9,15H,4-5,10-14H2,1-3H3. The normalized spacial score (nSPS) is 14.4. The predicted molar refractivity (Wildman–Crippen MR) is 105 cm³/mol. The number of unbranched alkanes of at least 4 members (excludes halogenated alkanes) is 1. The Morgan fingerprint density at radius 1 is 1.08 bits per heavy atom. The van der Waals surface area contributed by atoms with E-state index in [0.717, 1.165) is 56.7 Å². The van der Waals surface area contributed by atoms with E-state index in [1.807, 2.05) is 12.1 Å². The zero-order valence-electron chi connectivity index (χ0n) is 15.9. The average Bonchev–Trinajstić information content (AvgIpc) is 2.72. The Kier molecular flexibility index (Phi) is 6.09. The van der Waals surface area contributed by atoms with Gasteiger partial charge in [-0.05, 0) is 30.7 Å². The molecule has 1 aromatic heterocycles. The van der Waals surface area contributed by atoms with Crippen molar-refractivity contribution in [3.8, 4) is 5.75 Å². The highest BCUT2D eigenvalue weighted by Gasteiger charge is 2.20. The van der Waals surface area contributed by atoms with Crippen LogP contribution in [0.25, 0.3) is 0 Å². The molecule has 2 heterocycles. The molecule has 0 aliphatic carbocycles. The summed E-state index contributed by atoms with van der Waals surface area (Å²) in [6.07, 6.45) is 4.06. The van der Waals surface area contributed by atoms with Gasteiger partial charge in [-0.1, -0.05) is 13.3 Å². The summed E-state index contributed by atoms with van der Waals surface area (Å²) in [5, 5.41) is 8.41. The summed E-state index contributed by atoms with van der Waals surface area (Å²) in [4.78, 5) is 11.4. The van der Waals surface area contributed by atoms with Gasteiger partial charge in [-0.25, -0.2) is 0 Å². The number of anilines is 3. The topological polar surface area (TPSA) is 57.6 Å². The smallest absolute Gasteiger partial charge is 0.247 e. The molecule has 0 saturated carbocycles. The van der Waals surface area contributed by atoms with E-state index in [-0.39, 0.29) is 0 Å². The van der Waals surface area contributed by atoms with Crippen molar-refractivity contribution in [1.82, 2.24) is 15.2 Å². The third kappa shape index (κ3) is 4.33. The van der Waals surface area contributed by atoms with E-state index >= 15 is 0 Å². The summed E-state index contributed by atoms with van der Waals surface area (Å²) in [6, 6.07) is 8.22. The van der Waals surface area contributed by atoms with Gasteiger partial charge in [-0.15, -0.1) is 5.10 Å². The molecular weight excluding hydrogens is 328 g/mol. The first kappa shape index (κ1) is 18.2. The van der Waals surface area contributed by atoms with Crippen molar-refractivity contribution >= 4 is 17.5 Å². The highest BCUT2D eigenvalue weighted by Crippen LogP contribution is 2.22. The van der Waals surface area contributed by atoms with Crippen LogP contribution >= 0.6 is 0 Å². The van der Waals surface area contributed by atoms with E-state index in [1.165, 1.54) is 12.1 Å². The summed E-state index contributed by atoms with van der Waals surface area (Å²) >= 11 is 0. The van der Waals surface area contributed by atoms with Crippen LogP contribution in [0, 0.1) is 0 Å². The first-order chi connectivity index (χ1) is 12.7. The summed E-state index contributed by atoms with van der Waals surface area (Å²) in [5.74, 6) is 2.50. The first-order valence-corrected chi connectivity index (χ1v) is 9.26. The Morgan fingerprint density at radius 3 is 2.42 bits per heavy atom. The van der Waals surface area contributed by atoms with Gasteiger partial charge >= 0.3 is 0 Å². The number of piperazine rings is 1. The molecular formula is C19H28N6O. The van der Waals surface area contributed by atoms with E-state index in [1.54, 1.807) is 13.3 Å². The SMILES string of the molecule is CCCCN(C)c1cnnc(N2CCN(c3ccc(OC)cc3)CC2)n1. The quantitative estimate of drug-likeness (QED) is 0.755. The van der Waals surface area contributed by atoms with Crippen LogP contribution in [0.5, 0.6) is 5.75 Å². The molecule has 0 unspecified atom stereocenters. The van der Waals surface area contributed by atoms with Crippen LogP contribution in [-0.2, 0) is 0 Å². The van der Waals surface area contributed by atoms with Crippen LogP contribution in [0.2, 0.25) is 0 Å². The Labute approximate surface area is 155 Å². The van der Waals surface area contributed by atoms with E-state index in [9.17, 15) is 0 Å². The number of rotatable bonds is 7. The number of methoxy groups -OCH3 is 1. The lowest BCUT2D eigenvalue weighted by Gasteiger charge is -2.36. The largest absolute Gasteiger partial charge is 0.497 e. The first-order valence-electron chi connectivity index (χ1n) is 9.26. The minimum absolute atomic E-state index is 0.722. The second-order valence-electron chi connectivity index (χ2n) is 6.56. The van der Waals surface area contributed by atoms with Crippen LogP contribution in [0.4, 0.5) is 17.5 Å². The van der Waals surface area contributed by atoms with Crippen LogP contribution < -0.4 is 19.4 Å². The number of aromatic nitrogens is 3. The molecule has 1 aliphatic rings. The van der Waals surface area contributed by atoms with Crippen molar-refractivity contribution in [2.45, 2.75) is 19.8 Å². The molecule has 1 aliphatic heterocycles. The maximum Gasteiger partial charge on any atom is 0.247 e. The number of hydrogen-bond donors (Lipinski definition) is 0. The summed E-state index contributed by atoms with van der Waals surface area (Å²) in [5.41, 5.74) is 1.22. The average molecular weight is 356 g/mol. The molecule has 1 aromatic carbocycles. The molecule has 140 valence electrons. The van der Waals surface area contributed by atoms with E-state index in [0.29, 0.717) is 0 Å². The molecule has 0 N–H and O–H groups in total. The maximum absolute atomic E-state index is 5.23. The minimum Gasteiger partial charge on any atom is -0.497 e. The molecule has 7 heteroatoms. The number of benzene rings is 1. The summed E-state index contributed by atoms with van der Waals surface area (Å²) in [6.45, 7) is 6.82. The molecule has 7 nitrogen and oxygen atoms in total. The molecule has 1 fully saturated rings. The van der Waals surface area contributed by atoms with E-state index in [4.69, 9.17) is 9.72 Å². The highest BCUT2D eigenvalue weighted by atomic mass is 16.5. The van der Waals surface area contributed by atoms with Gasteiger partial charge < -0.3 is 19.4 Å². The number of nitrogens with zero attached hydrogens (tertiary/aromatic N) is 6. The second kappa shape index (κ2) is 8.69. The zero-order chi connectivity index (χ0) is 18.4. The lowest BCUT2D eigenvalue weighted by molar-refractivity contribution is 0.415. The molecule has 0 atom stereocenters. The minimum atomic E-state index is 0.722. The Balaban J connectivity index is 1.60. The van der Waals surface area contributed by atoms with Crippen molar-refractivity contribution < 1.29 is 4.74 Å². The molecule has 0 spiro atoms. The molecule has 2 aromatic rings. The number of hydrogen-bond acceptors (Lipinski definition) is 7. The molecule has 0 radical (unpaired) electrons. The van der Waals surface area contributed by atoms with Crippen LogP contribution in [0.15, 0.2) is 30.5 Å². The van der Waals surface area contributed by atoms with Gasteiger partial charge in [0.15, 0.2) is 5.82 Å². The van der Waals surface area contributed by atoms with Crippen molar-refractivity contribution in [2.24, 2.45) is 0 Å². The lowest BCUT2D eigenvalue weighted by Crippen LogP contribution is -2.47. The van der Waals surface area contributed by atoms with Gasteiger partial charge in [0.2, 0.25) is 5.95 Å². The Hall–Kier alpha value is -2.57.